The van der Waals surface area contributed by atoms with Crippen LogP contribution in [0.2, 0.25) is 13.1 Å². The molecule has 0 aromatic heterocycles. The van der Waals surface area contributed by atoms with Crippen LogP contribution in [0.25, 0.3) is 0 Å². The average molecular weight is 781 g/mol. The van der Waals surface area contributed by atoms with Gasteiger partial charge in [0, 0.05) is 40.0 Å². The molecule has 4 heteroatoms. The Balaban J connectivity index is 1.14. The normalized spacial score (nSPS) is 16.6. The molecule has 59 heavy (non-hydrogen) atoms. The fourth-order valence-electron chi connectivity index (χ4n) is 11.4. The van der Waals surface area contributed by atoms with Crippen molar-refractivity contribution in [1.29, 1.82) is 0 Å². The maximum atomic E-state index is 2.65. The third-order valence-corrected chi connectivity index (χ3v) is 18.0. The van der Waals surface area contributed by atoms with Gasteiger partial charge in [-0.15, -0.1) is 0 Å². The zero-order valence-corrected chi connectivity index (χ0v) is 36.2. The van der Waals surface area contributed by atoms with E-state index in [0.717, 1.165) is 0 Å². The lowest BCUT2D eigenvalue weighted by atomic mass is 9.33. The average Bonchev–Trinajstić information content (AvgIpc) is 3.27. The van der Waals surface area contributed by atoms with Gasteiger partial charge in [-0.25, -0.2) is 0 Å². The van der Waals surface area contributed by atoms with Crippen LogP contribution >= 0.6 is 0 Å². The Morgan fingerprint density at radius 1 is 0.542 bits per heavy atom. The standard InChI is InChI=1S/C55H53BN2Si/c1-36(2)40-27-32-47-49(33-40)58(43-30-25-39(26-31-43)54-44-17-9-13-21-52(44)59(4,5)53-22-14-10-18-45(53)54)51-35-41(38-15-7-6-8-16-38)34-50-55(51)56(47)46-19-11-12-20-48(46)57(50)42-28-23-37(3)24-29-42/h9-14,17-36,38,54H,6-8,15-16H2,1-5H3. The van der Waals surface area contributed by atoms with Crippen molar-refractivity contribution in [2.45, 2.75) is 83.7 Å². The predicted molar refractivity (Wildman–Crippen MR) is 256 cm³/mol. The predicted octanol–water partition coefficient (Wildman–Crippen LogP) is 11.6. The summed E-state index contributed by atoms with van der Waals surface area (Å²) in [4.78, 5) is 5.22. The summed E-state index contributed by atoms with van der Waals surface area (Å²) in [7, 11) is -1.84. The number of hydrogen-bond donors (Lipinski definition) is 0. The van der Waals surface area contributed by atoms with Gasteiger partial charge >= 0.3 is 0 Å². The number of fused-ring (bicyclic) bond motifs is 6. The van der Waals surface area contributed by atoms with Gasteiger partial charge in [0.05, 0.1) is 0 Å². The van der Waals surface area contributed by atoms with E-state index in [2.05, 4.69) is 195 Å². The summed E-state index contributed by atoms with van der Waals surface area (Å²) >= 11 is 0. The smallest absolute Gasteiger partial charge is 0.252 e. The summed E-state index contributed by atoms with van der Waals surface area (Å²) in [5.41, 5.74) is 20.4. The highest BCUT2D eigenvalue weighted by Gasteiger charge is 2.44. The number of rotatable bonds is 5. The fraction of sp³-hybridized carbons (Fsp3) is 0.236. The summed E-state index contributed by atoms with van der Waals surface area (Å²) in [6, 6.07) is 59.3. The topological polar surface area (TPSA) is 6.48 Å². The van der Waals surface area contributed by atoms with Gasteiger partial charge in [-0.3, -0.25) is 0 Å². The Bertz CT molecular complexity index is 2690. The molecule has 7 aromatic rings. The minimum atomic E-state index is -1.84. The number of para-hydroxylation sites is 1. The molecule has 2 nitrogen and oxygen atoms in total. The van der Waals surface area contributed by atoms with Crippen LogP contribution in [0.5, 0.6) is 0 Å². The minimum Gasteiger partial charge on any atom is -0.311 e. The van der Waals surface area contributed by atoms with E-state index in [1.807, 2.05) is 0 Å². The second-order valence-electron chi connectivity index (χ2n) is 18.6. The molecule has 1 aliphatic carbocycles. The van der Waals surface area contributed by atoms with E-state index in [-0.39, 0.29) is 12.6 Å². The van der Waals surface area contributed by atoms with Gasteiger partial charge in [-0.1, -0.05) is 165 Å². The minimum absolute atomic E-state index is 0.132. The van der Waals surface area contributed by atoms with E-state index in [1.165, 1.54) is 116 Å². The molecule has 0 spiro atoms. The molecule has 0 bridgehead atoms. The second kappa shape index (κ2) is 14.0. The highest BCUT2D eigenvalue weighted by molar-refractivity contribution is 7.01. The molecule has 4 aliphatic rings. The zero-order valence-electron chi connectivity index (χ0n) is 35.2. The molecule has 0 unspecified atom stereocenters. The first-order valence-electron chi connectivity index (χ1n) is 22.1. The summed E-state index contributed by atoms with van der Waals surface area (Å²) in [5, 5.41) is 3.13. The maximum Gasteiger partial charge on any atom is 0.252 e. The SMILES string of the molecule is Cc1ccc(N2c3ccccc3B3c4ccc(C(C)C)cc4N(c4ccc(C5c6ccccc6[Si](C)(C)c6ccccc65)cc4)c4cc(C5CCCCC5)cc2c43)cc1. The molecule has 3 aliphatic heterocycles. The highest BCUT2D eigenvalue weighted by Crippen LogP contribution is 2.48. The van der Waals surface area contributed by atoms with Crippen molar-refractivity contribution in [3.05, 3.63) is 185 Å². The third-order valence-electron chi connectivity index (χ3n) is 14.4. The quantitative estimate of drug-likeness (QED) is 0.161. The van der Waals surface area contributed by atoms with Gasteiger partial charge in [0.25, 0.3) is 6.71 Å². The van der Waals surface area contributed by atoms with E-state index in [0.29, 0.717) is 11.8 Å². The van der Waals surface area contributed by atoms with E-state index >= 15 is 0 Å². The highest BCUT2D eigenvalue weighted by atomic mass is 28.3. The Morgan fingerprint density at radius 3 is 1.75 bits per heavy atom. The molecule has 0 N–H and O–H groups in total. The van der Waals surface area contributed by atoms with Crippen molar-refractivity contribution in [3.8, 4) is 0 Å². The van der Waals surface area contributed by atoms with Crippen molar-refractivity contribution in [2.75, 3.05) is 9.80 Å². The number of hydrogen-bond acceptors (Lipinski definition) is 2. The summed E-state index contributed by atoms with van der Waals surface area (Å²) < 4.78 is 0. The van der Waals surface area contributed by atoms with Gasteiger partial charge in [0.15, 0.2) is 0 Å². The Morgan fingerprint density at radius 2 is 1.10 bits per heavy atom. The van der Waals surface area contributed by atoms with Gasteiger partial charge in [0.1, 0.15) is 8.07 Å². The van der Waals surface area contributed by atoms with Gasteiger partial charge in [-0.05, 0) is 124 Å². The zero-order chi connectivity index (χ0) is 40.0. The molecule has 0 radical (unpaired) electrons. The van der Waals surface area contributed by atoms with Crippen LogP contribution < -0.4 is 36.6 Å². The van der Waals surface area contributed by atoms with Crippen LogP contribution in [0.15, 0.2) is 152 Å². The van der Waals surface area contributed by atoms with Crippen LogP contribution in [-0.2, 0) is 0 Å². The van der Waals surface area contributed by atoms with Crippen LogP contribution in [0.1, 0.15) is 97.1 Å². The van der Waals surface area contributed by atoms with Gasteiger partial charge in [-0.2, -0.15) is 0 Å². The molecule has 0 atom stereocenters. The molecule has 11 rings (SSSR count). The summed E-state index contributed by atoms with van der Waals surface area (Å²) in [5.74, 6) is 1.20. The van der Waals surface area contributed by atoms with Crippen LogP contribution in [0.4, 0.5) is 34.1 Å². The largest absolute Gasteiger partial charge is 0.311 e. The van der Waals surface area contributed by atoms with Crippen molar-refractivity contribution in [2.24, 2.45) is 0 Å². The Kier molecular flexibility index (Phi) is 8.67. The molecule has 7 aromatic carbocycles. The van der Waals surface area contributed by atoms with Gasteiger partial charge in [0.2, 0.25) is 0 Å². The van der Waals surface area contributed by atoms with Crippen molar-refractivity contribution < 1.29 is 0 Å². The van der Waals surface area contributed by atoms with E-state index < -0.39 is 8.07 Å². The number of benzene rings is 7. The Hall–Kier alpha value is -5.58. The number of nitrogens with zero attached hydrogens (tertiary/aromatic N) is 2. The molecule has 0 saturated heterocycles. The lowest BCUT2D eigenvalue weighted by Crippen LogP contribution is -2.61. The fourth-order valence-corrected chi connectivity index (χ4v) is 14.6. The molecule has 0 amide bonds. The van der Waals surface area contributed by atoms with Crippen LogP contribution in [0.3, 0.4) is 0 Å². The lowest BCUT2D eigenvalue weighted by molar-refractivity contribution is 0.444. The van der Waals surface area contributed by atoms with Crippen molar-refractivity contribution in [3.63, 3.8) is 0 Å². The summed E-state index contributed by atoms with van der Waals surface area (Å²) in [6.07, 6.45) is 6.48. The van der Waals surface area contributed by atoms with Crippen LogP contribution in [-0.4, -0.2) is 14.8 Å². The van der Waals surface area contributed by atoms with Crippen LogP contribution in [0, 0.1) is 6.92 Å². The van der Waals surface area contributed by atoms with Gasteiger partial charge < -0.3 is 9.80 Å². The maximum absolute atomic E-state index is 2.65. The van der Waals surface area contributed by atoms with E-state index in [1.54, 1.807) is 10.4 Å². The van der Waals surface area contributed by atoms with Crippen molar-refractivity contribution in [1.82, 2.24) is 0 Å². The number of aryl methyl sites for hydroxylation is 1. The molecule has 1 saturated carbocycles. The monoisotopic (exact) mass is 780 g/mol. The lowest BCUT2D eigenvalue weighted by Gasteiger charge is -2.45. The molecule has 3 heterocycles. The van der Waals surface area contributed by atoms with Crippen molar-refractivity contribution >= 4 is 75.7 Å². The van der Waals surface area contributed by atoms with E-state index in [4.69, 9.17) is 0 Å². The van der Waals surface area contributed by atoms with E-state index in [9.17, 15) is 0 Å². The first-order chi connectivity index (χ1) is 28.8. The summed E-state index contributed by atoms with van der Waals surface area (Å²) in [6.45, 7) is 12.0. The molecular weight excluding hydrogens is 728 g/mol. The molecule has 1 fully saturated rings. The number of anilines is 6. The molecule has 290 valence electrons. The first kappa shape index (κ1) is 36.5. The first-order valence-corrected chi connectivity index (χ1v) is 25.1. The second-order valence-corrected chi connectivity index (χ2v) is 22.9. The molecular formula is C55H53BN2Si. The Labute approximate surface area is 352 Å². The third kappa shape index (κ3) is 5.74.